The van der Waals surface area contributed by atoms with Crippen molar-refractivity contribution in [1.82, 2.24) is 4.57 Å². The van der Waals surface area contributed by atoms with Crippen molar-refractivity contribution in [1.29, 1.82) is 0 Å². The van der Waals surface area contributed by atoms with Crippen LogP contribution in [0, 0.1) is 0 Å². The zero-order valence-corrected chi connectivity index (χ0v) is 27.7. The Morgan fingerprint density at radius 1 is 0.440 bits per heavy atom. The lowest BCUT2D eigenvalue weighted by Gasteiger charge is -2.27. The molecule has 11 aromatic rings. The van der Waals surface area contributed by atoms with E-state index in [9.17, 15) is 0 Å². The molecule has 0 aliphatic carbocycles. The molecule has 234 valence electrons. The molecule has 0 fully saturated rings. The molecule has 0 aliphatic rings. The summed E-state index contributed by atoms with van der Waals surface area (Å²) in [6.07, 6.45) is 0. The summed E-state index contributed by atoms with van der Waals surface area (Å²) in [7, 11) is 0. The molecule has 3 nitrogen and oxygen atoms in total. The second-order valence-corrected chi connectivity index (χ2v) is 14.0. The first-order valence-corrected chi connectivity index (χ1v) is 17.7. The highest BCUT2D eigenvalue weighted by molar-refractivity contribution is 7.25. The van der Waals surface area contributed by atoms with Gasteiger partial charge in [0.2, 0.25) is 0 Å². The van der Waals surface area contributed by atoms with Crippen LogP contribution in [-0.4, -0.2) is 4.57 Å². The van der Waals surface area contributed by atoms with Crippen LogP contribution in [-0.2, 0) is 0 Å². The second kappa shape index (κ2) is 10.6. The molecule has 3 aromatic heterocycles. The Balaban J connectivity index is 1.21. The maximum Gasteiger partial charge on any atom is 0.136 e. The third kappa shape index (κ3) is 3.97. The normalized spacial score (nSPS) is 12.0. The summed E-state index contributed by atoms with van der Waals surface area (Å²) < 4.78 is 11.2. The fourth-order valence-corrected chi connectivity index (χ4v) is 9.14. The first-order valence-electron chi connectivity index (χ1n) is 16.9. The molecule has 3 heterocycles. The number of rotatable bonds is 4. The van der Waals surface area contributed by atoms with Gasteiger partial charge in [-0.05, 0) is 83.6 Å². The van der Waals surface area contributed by atoms with Gasteiger partial charge in [0.15, 0.2) is 0 Å². The number of furan rings is 1. The molecular formula is C46H28N2OS. The van der Waals surface area contributed by atoms with E-state index >= 15 is 0 Å². The Morgan fingerprint density at radius 3 is 2.04 bits per heavy atom. The minimum absolute atomic E-state index is 0.914. The van der Waals surface area contributed by atoms with E-state index in [-0.39, 0.29) is 0 Å². The fourth-order valence-electron chi connectivity index (χ4n) is 8.00. The number of nitrogens with zero attached hydrogens (tertiary/aromatic N) is 2. The van der Waals surface area contributed by atoms with E-state index in [1.54, 1.807) is 0 Å². The van der Waals surface area contributed by atoms with E-state index in [0.717, 1.165) is 44.7 Å². The van der Waals surface area contributed by atoms with Gasteiger partial charge in [-0.1, -0.05) is 97.1 Å². The molecule has 0 saturated heterocycles. The molecule has 0 aliphatic heterocycles. The first-order chi connectivity index (χ1) is 24.8. The predicted molar refractivity (Wildman–Crippen MR) is 213 cm³/mol. The maximum atomic E-state index is 6.26. The molecule has 8 aromatic carbocycles. The highest BCUT2D eigenvalue weighted by Crippen LogP contribution is 2.46. The Morgan fingerprint density at radius 2 is 1.14 bits per heavy atom. The predicted octanol–water partition coefficient (Wildman–Crippen LogP) is 13.7. The average molecular weight is 657 g/mol. The molecular weight excluding hydrogens is 629 g/mol. The van der Waals surface area contributed by atoms with E-state index in [1.165, 1.54) is 52.8 Å². The highest BCUT2D eigenvalue weighted by Gasteiger charge is 2.22. The monoisotopic (exact) mass is 656 g/mol. The van der Waals surface area contributed by atoms with Crippen molar-refractivity contribution >= 4 is 103 Å². The van der Waals surface area contributed by atoms with Crippen LogP contribution in [0.5, 0.6) is 0 Å². The molecule has 0 bridgehead atoms. The van der Waals surface area contributed by atoms with Gasteiger partial charge in [0.1, 0.15) is 11.2 Å². The third-order valence-corrected chi connectivity index (χ3v) is 11.3. The molecule has 0 N–H and O–H groups in total. The lowest BCUT2D eigenvalue weighted by Crippen LogP contribution is -2.10. The van der Waals surface area contributed by atoms with Crippen LogP contribution in [0.3, 0.4) is 0 Å². The first kappa shape index (κ1) is 27.6. The summed E-state index contributed by atoms with van der Waals surface area (Å²) in [5, 5.41) is 9.72. The van der Waals surface area contributed by atoms with E-state index < -0.39 is 0 Å². The van der Waals surface area contributed by atoms with Gasteiger partial charge >= 0.3 is 0 Å². The van der Waals surface area contributed by atoms with Gasteiger partial charge in [0.25, 0.3) is 0 Å². The van der Waals surface area contributed by atoms with Gasteiger partial charge in [-0.15, -0.1) is 11.3 Å². The lowest BCUT2D eigenvalue weighted by molar-refractivity contribution is 0.669. The number of anilines is 3. The molecule has 4 heteroatoms. The zero-order chi connectivity index (χ0) is 32.8. The van der Waals surface area contributed by atoms with Crippen LogP contribution in [0.2, 0.25) is 0 Å². The summed E-state index contributed by atoms with van der Waals surface area (Å²) in [5.74, 6) is 0. The van der Waals surface area contributed by atoms with Crippen molar-refractivity contribution in [3.63, 3.8) is 0 Å². The van der Waals surface area contributed by atoms with Crippen molar-refractivity contribution < 1.29 is 4.42 Å². The SMILES string of the molecule is c1ccc(-n2c3ccccc3c3c(N(c4ccc5c(ccc6oc7ccccc7c65)c4)c4ccc5c(c4)sc4ccccc45)cccc32)cc1. The quantitative estimate of drug-likeness (QED) is 0.188. The summed E-state index contributed by atoms with van der Waals surface area (Å²) >= 11 is 1.86. The minimum Gasteiger partial charge on any atom is -0.456 e. The number of fused-ring (bicyclic) bond motifs is 11. The van der Waals surface area contributed by atoms with Crippen molar-refractivity contribution in [2.24, 2.45) is 0 Å². The Hall–Kier alpha value is -6.36. The fraction of sp³-hybridized carbons (Fsp3) is 0. The number of aromatic nitrogens is 1. The average Bonchev–Trinajstić information content (AvgIpc) is 3.85. The van der Waals surface area contributed by atoms with Crippen LogP contribution in [0.1, 0.15) is 0 Å². The van der Waals surface area contributed by atoms with E-state index in [2.05, 4.69) is 167 Å². The molecule has 0 spiro atoms. The van der Waals surface area contributed by atoms with Gasteiger partial charge < -0.3 is 13.9 Å². The summed E-state index contributed by atoms with van der Waals surface area (Å²) in [6.45, 7) is 0. The molecule has 0 radical (unpaired) electrons. The van der Waals surface area contributed by atoms with Crippen LogP contribution < -0.4 is 4.90 Å². The van der Waals surface area contributed by atoms with Crippen LogP contribution in [0.4, 0.5) is 17.1 Å². The Kier molecular flexibility index (Phi) is 5.83. The number of thiophene rings is 1. The molecule has 11 rings (SSSR count). The van der Waals surface area contributed by atoms with Crippen molar-refractivity contribution in [2.75, 3.05) is 4.90 Å². The van der Waals surface area contributed by atoms with E-state index in [4.69, 9.17) is 4.42 Å². The summed E-state index contributed by atoms with van der Waals surface area (Å²) in [5.41, 5.74) is 8.72. The number of benzene rings is 8. The van der Waals surface area contributed by atoms with Crippen molar-refractivity contribution in [2.45, 2.75) is 0 Å². The Labute approximate surface area is 291 Å². The molecule has 50 heavy (non-hydrogen) atoms. The molecule has 0 amide bonds. The smallest absolute Gasteiger partial charge is 0.136 e. The topological polar surface area (TPSA) is 21.3 Å². The van der Waals surface area contributed by atoms with E-state index in [1.807, 2.05) is 23.5 Å². The van der Waals surface area contributed by atoms with Crippen molar-refractivity contribution in [3.05, 3.63) is 170 Å². The van der Waals surface area contributed by atoms with Gasteiger partial charge in [-0.25, -0.2) is 0 Å². The van der Waals surface area contributed by atoms with Crippen molar-refractivity contribution in [3.8, 4) is 5.69 Å². The maximum absolute atomic E-state index is 6.26. The van der Waals surface area contributed by atoms with Crippen LogP contribution >= 0.6 is 11.3 Å². The van der Waals surface area contributed by atoms with Crippen LogP contribution in [0.15, 0.2) is 174 Å². The van der Waals surface area contributed by atoms with Gasteiger partial charge in [-0.2, -0.15) is 0 Å². The number of hydrogen-bond donors (Lipinski definition) is 0. The molecule has 0 unspecified atom stereocenters. The summed E-state index contributed by atoms with van der Waals surface area (Å²) in [4.78, 5) is 2.45. The number of para-hydroxylation sites is 3. The van der Waals surface area contributed by atoms with Gasteiger partial charge in [-0.3, -0.25) is 0 Å². The zero-order valence-electron chi connectivity index (χ0n) is 26.9. The molecule has 0 atom stereocenters. The third-order valence-electron chi connectivity index (χ3n) is 10.2. The number of hydrogen-bond acceptors (Lipinski definition) is 3. The Bertz CT molecular complexity index is 3110. The molecule has 0 saturated carbocycles. The van der Waals surface area contributed by atoms with E-state index in [0.29, 0.717) is 0 Å². The second-order valence-electron chi connectivity index (χ2n) is 12.9. The standard InChI is InChI=1S/C46H28N2OS/c1-2-11-30(12-3-1)48-38-16-7-4-14-36(38)46-39(17-10-18-40(46)48)47(32-23-25-35-34-13-6-9-20-43(34)50-44(35)28-32)31-22-24-33-29(27-31)21-26-42-45(33)37-15-5-8-19-41(37)49-42/h1-28H. The highest BCUT2D eigenvalue weighted by atomic mass is 32.1. The lowest BCUT2D eigenvalue weighted by atomic mass is 10.0. The summed E-state index contributed by atoms with van der Waals surface area (Å²) in [6, 6.07) is 61.4. The largest absolute Gasteiger partial charge is 0.456 e. The van der Waals surface area contributed by atoms with Gasteiger partial charge in [0, 0.05) is 58.8 Å². The van der Waals surface area contributed by atoms with Crippen LogP contribution in [0.25, 0.3) is 80.4 Å². The minimum atomic E-state index is 0.914. The van der Waals surface area contributed by atoms with Gasteiger partial charge in [0.05, 0.1) is 16.7 Å².